The Morgan fingerprint density at radius 2 is 1.89 bits per heavy atom. The topological polar surface area (TPSA) is 88.2 Å². The second-order valence-electron chi connectivity index (χ2n) is 5.92. The van der Waals surface area contributed by atoms with E-state index in [9.17, 15) is 0 Å². The number of methoxy groups -OCH3 is 1. The van der Waals surface area contributed by atoms with Gasteiger partial charge in [0.2, 0.25) is 0 Å². The van der Waals surface area contributed by atoms with Crippen LogP contribution < -0.4 is 4.74 Å². The van der Waals surface area contributed by atoms with Crippen molar-refractivity contribution in [3.63, 3.8) is 0 Å². The van der Waals surface area contributed by atoms with Crippen LogP contribution in [0.3, 0.4) is 0 Å². The molecule has 138 valence electrons. The molecule has 0 amide bonds. The van der Waals surface area contributed by atoms with Crippen LogP contribution in [0.2, 0.25) is 0 Å². The van der Waals surface area contributed by atoms with Crippen molar-refractivity contribution in [3.8, 4) is 17.1 Å². The lowest BCUT2D eigenvalue weighted by Crippen LogP contribution is -1.93. The maximum atomic E-state index is 8.61. The zero-order valence-corrected chi connectivity index (χ0v) is 15.9. The van der Waals surface area contributed by atoms with Gasteiger partial charge >= 0.3 is 0 Å². The van der Waals surface area contributed by atoms with Crippen LogP contribution in [0.15, 0.2) is 81.8 Å². The minimum atomic E-state index is 0.320. The van der Waals surface area contributed by atoms with Crippen LogP contribution in [0.4, 0.5) is 0 Å². The first-order valence-corrected chi connectivity index (χ1v) is 9.36. The number of ether oxygens (including phenoxy) is 1. The first-order chi connectivity index (χ1) is 13.8. The van der Waals surface area contributed by atoms with Gasteiger partial charge in [0.05, 0.1) is 19.2 Å². The van der Waals surface area contributed by atoms with Gasteiger partial charge in [0.25, 0.3) is 0 Å². The number of pyridine rings is 1. The van der Waals surface area contributed by atoms with Gasteiger partial charge in [0.15, 0.2) is 11.5 Å². The lowest BCUT2D eigenvalue weighted by Gasteiger charge is -2.09. The first-order valence-electron chi connectivity index (χ1n) is 8.55. The van der Waals surface area contributed by atoms with Crippen molar-refractivity contribution in [3.05, 3.63) is 82.9 Å². The zero-order chi connectivity index (χ0) is 19.3. The highest BCUT2D eigenvalue weighted by Crippen LogP contribution is 2.33. The Labute approximate surface area is 165 Å². The molecular formula is C20H16N6OS. The Balaban J connectivity index is 1.74. The highest BCUT2D eigenvalue weighted by molar-refractivity contribution is 7.99. The number of azide groups is 1. The average molecular weight is 388 g/mol. The molecule has 4 aromatic rings. The summed E-state index contributed by atoms with van der Waals surface area (Å²) in [4.78, 5) is 4.93. The van der Waals surface area contributed by atoms with Crippen LogP contribution in [-0.4, -0.2) is 21.7 Å². The largest absolute Gasteiger partial charge is 0.496 e. The van der Waals surface area contributed by atoms with Crippen LogP contribution in [0.25, 0.3) is 27.5 Å². The van der Waals surface area contributed by atoms with Gasteiger partial charge in [0.1, 0.15) is 5.75 Å². The van der Waals surface area contributed by atoms with Gasteiger partial charge in [0, 0.05) is 20.9 Å². The predicted molar refractivity (Wildman–Crippen MR) is 108 cm³/mol. The van der Waals surface area contributed by atoms with Gasteiger partial charge in [-0.2, -0.15) is 0 Å². The Bertz CT molecular complexity index is 1180. The standard InChI is InChI=1S/C20H16N6OS/c1-27-17-8-4-3-7-16(17)20-24-23-19-11-10-15(13-26(19)20)28-18-9-5-2-6-14(18)12-22-25-21/h2-11,13H,12H2,1H3. The lowest BCUT2D eigenvalue weighted by atomic mass is 10.2. The molecule has 7 nitrogen and oxygen atoms in total. The van der Waals surface area contributed by atoms with E-state index < -0.39 is 0 Å². The average Bonchev–Trinajstić information content (AvgIpc) is 3.16. The monoisotopic (exact) mass is 388 g/mol. The Morgan fingerprint density at radius 3 is 2.75 bits per heavy atom. The highest BCUT2D eigenvalue weighted by atomic mass is 32.2. The van der Waals surface area contributed by atoms with E-state index >= 15 is 0 Å². The summed E-state index contributed by atoms with van der Waals surface area (Å²) < 4.78 is 7.43. The fourth-order valence-corrected chi connectivity index (χ4v) is 3.87. The van der Waals surface area contributed by atoms with Gasteiger partial charge in [-0.1, -0.05) is 47.2 Å². The predicted octanol–water partition coefficient (Wildman–Crippen LogP) is 5.37. The third-order valence-electron chi connectivity index (χ3n) is 4.23. The van der Waals surface area contributed by atoms with Crippen molar-refractivity contribution in [2.45, 2.75) is 16.3 Å². The normalized spacial score (nSPS) is 10.6. The molecule has 4 rings (SSSR count). The molecule has 0 bridgehead atoms. The summed E-state index contributed by atoms with van der Waals surface area (Å²) in [6.45, 7) is 0.320. The quantitative estimate of drug-likeness (QED) is 0.252. The number of nitrogens with zero attached hydrogens (tertiary/aromatic N) is 6. The van der Waals surface area contributed by atoms with E-state index in [2.05, 4.69) is 20.2 Å². The number of rotatable bonds is 6. The second kappa shape index (κ2) is 8.04. The van der Waals surface area contributed by atoms with Crippen molar-refractivity contribution < 1.29 is 4.74 Å². The van der Waals surface area contributed by atoms with E-state index in [-0.39, 0.29) is 0 Å². The second-order valence-corrected chi connectivity index (χ2v) is 7.03. The Hall–Kier alpha value is -3.48. The number of hydrogen-bond donors (Lipinski definition) is 0. The molecule has 2 aromatic heterocycles. The molecule has 0 aliphatic heterocycles. The summed E-state index contributed by atoms with van der Waals surface area (Å²) in [5.41, 5.74) is 11.2. The molecule has 0 radical (unpaired) electrons. The maximum absolute atomic E-state index is 8.61. The molecular weight excluding hydrogens is 372 g/mol. The molecule has 0 unspecified atom stereocenters. The lowest BCUT2D eigenvalue weighted by molar-refractivity contribution is 0.416. The molecule has 0 aliphatic rings. The van der Waals surface area contributed by atoms with Crippen molar-refractivity contribution in [1.82, 2.24) is 14.6 Å². The van der Waals surface area contributed by atoms with Crippen molar-refractivity contribution in [1.29, 1.82) is 0 Å². The van der Waals surface area contributed by atoms with Gasteiger partial charge in [-0.15, -0.1) is 10.2 Å². The highest BCUT2D eigenvalue weighted by Gasteiger charge is 2.13. The molecule has 8 heteroatoms. The van der Waals surface area contributed by atoms with Crippen molar-refractivity contribution in [2.24, 2.45) is 5.11 Å². The van der Waals surface area contributed by atoms with Crippen molar-refractivity contribution >= 4 is 17.4 Å². The van der Waals surface area contributed by atoms with Gasteiger partial charge < -0.3 is 4.74 Å². The molecule has 2 heterocycles. The van der Waals surface area contributed by atoms with E-state index in [1.165, 1.54) is 0 Å². The smallest absolute Gasteiger partial charge is 0.172 e. The number of fused-ring (bicyclic) bond motifs is 1. The summed E-state index contributed by atoms with van der Waals surface area (Å²) in [7, 11) is 1.64. The number of aromatic nitrogens is 3. The third-order valence-corrected chi connectivity index (χ3v) is 5.32. The Morgan fingerprint density at radius 1 is 1.07 bits per heavy atom. The third kappa shape index (κ3) is 3.51. The fraction of sp³-hybridized carbons (Fsp3) is 0.100. The number of hydrogen-bond acceptors (Lipinski definition) is 5. The molecule has 0 saturated heterocycles. The Kier molecular flexibility index (Phi) is 5.14. The SMILES string of the molecule is COc1ccccc1-c1nnc2ccc(Sc3ccccc3CN=[N+]=[N-])cn12. The molecule has 0 aliphatic carbocycles. The van der Waals surface area contributed by atoms with E-state index in [1.807, 2.05) is 71.3 Å². The van der Waals surface area contributed by atoms with E-state index in [1.54, 1.807) is 18.9 Å². The van der Waals surface area contributed by atoms with Gasteiger partial charge in [-0.3, -0.25) is 4.40 Å². The van der Waals surface area contributed by atoms with Crippen LogP contribution in [0, 0.1) is 0 Å². The minimum absolute atomic E-state index is 0.320. The van der Waals surface area contributed by atoms with Gasteiger partial charge in [-0.05, 0) is 41.4 Å². The summed E-state index contributed by atoms with van der Waals surface area (Å²) >= 11 is 1.61. The molecule has 0 atom stereocenters. The molecule has 28 heavy (non-hydrogen) atoms. The van der Waals surface area contributed by atoms with Crippen LogP contribution >= 0.6 is 11.8 Å². The fourth-order valence-electron chi connectivity index (χ4n) is 2.91. The van der Waals surface area contributed by atoms with Crippen molar-refractivity contribution in [2.75, 3.05) is 7.11 Å². The zero-order valence-electron chi connectivity index (χ0n) is 15.1. The summed E-state index contributed by atoms with van der Waals surface area (Å²) in [6, 6.07) is 19.6. The van der Waals surface area contributed by atoms with E-state index in [0.717, 1.165) is 38.1 Å². The summed E-state index contributed by atoms with van der Waals surface area (Å²) in [6.07, 6.45) is 2.01. The summed E-state index contributed by atoms with van der Waals surface area (Å²) in [5.74, 6) is 1.46. The van der Waals surface area contributed by atoms with Crippen LogP contribution in [-0.2, 0) is 6.54 Å². The molecule has 2 aromatic carbocycles. The van der Waals surface area contributed by atoms with Gasteiger partial charge in [-0.25, -0.2) is 0 Å². The van der Waals surface area contributed by atoms with E-state index in [0.29, 0.717) is 6.54 Å². The molecule has 0 spiro atoms. The van der Waals surface area contributed by atoms with Crippen LogP contribution in [0.5, 0.6) is 5.75 Å². The first kappa shape index (κ1) is 17.9. The number of benzene rings is 2. The summed E-state index contributed by atoms with van der Waals surface area (Å²) in [5, 5.41) is 12.3. The maximum Gasteiger partial charge on any atom is 0.172 e. The molecule has 0 saturated carbocycles. The van der Waals surface area contributed by atoms with Crippen LogP contribution in [0.1, 0.15) is 5.56 Å². The molecule has 0 N–H and O–H groups in total. The molecule has 0 fully saturated rings. The number of para-hydroxylation sites is 1. The minimum Gasteiger partial charge on any atom is -0.496 e. The van der Waals surface area contributed by atoms with E-state index in [4.69, 9.17) is 10.3 Å².